The second kappa shape index (κ2) is 8.79. The van der Waals surface area contributed by atoms with E-state index in [1.165, 1.54) is 12.8 Å². The highest BCUT2D eigenvalue weighted by Crippen LogP contribution is 2.26. The summed E-state index contributed by atoms with van der Waals surface area (Å²) in [6, 6.07) is 5.86. The molecule has 0 N–H and O–H groups in total. The Morgan fingerprint density at radius 1 is 1.28 bits per heavy atom. The zero-order valence-corrected chi connectivity index (χ0v) is 15.1. The normalized spacial score (nSPS) is 17.6. The molecule has 3 rings (SSSR count). The Hall–Kier alpha value is -2.17. The summed E-state index contributed by atoms with van der Waals surface area (Å²) in [5, 5.41) is 0. The van der Waals surface area contributed by atoms with Gasteiger partial charge in [-0.2, -0.15) is 0 Å². The van der Waals surface area contributed by atoms with E-state index < -0.39 is 0 Å². The summed E-state index contributed by atoms with van der Waals surface area (Å²) in [7, 11) is 0. The molecule has 25 heavy (non-hydrogen) atoms. The number of aryl methyl sites for hydroxylation is 2. The lowest BCUT2D eigenvalue weighted by Crippen LogP contribution is -2.39. The van der Waals surface area contributed by atoms with Crippen molar-refractivity contribution in [3.8, 4) is 0 Å². The van der Waals surface area contributed by atoms with Crippen LogP contribution in [0.2, 0.25) is 0 Å². The molecule has 2 aromatic heterocycles. The Morgan fingerprint density at radius 2 is 2.20 bits per heavy atom. The van der Waals surface area contributed by atoms with E-state index >= 15 is 0 Å². The molecule has 2 aromatic rings. The molecule has 1 amide bonds. The average molecular weight is 340 g/mol. The first-order valence-corrected chi connectivity index (χ1v) is 9.46. The molecule has 1 fully saturated rings. The fourth-order valence-corrected chi connectivity index (χ4v) is 3.55. The Kier molecular flexibility index (Phi) is 6.20. The van der Waals surface area contributed by atoms with Crippen molar-refractivity contribution in [2.45, 2.75) is 57.9 Å². The predicted octanol–water partition coefficient (Wildman–Crippen LogP) is 3.42. The Balaban J connectivity index is 1.57. The van der Waals surface area contributed by atoms with Crippen molar-refractivity contribution >= 4 is 5.91 Å². The molecule has 1 unspecified atom stereocenters. The highest BCUT2D eigenvalue weighted by Gasteiger charge is 2.27. The third-order valence-corrected chi connectivity index (χ3v) is 4.96. The molecule has 0 aliphatic carbocycles. The van der Waals surface area contributed by atoms with E-state index in [1.54, 1.807) is 6.20 Å². The van der Waals surface area contributed by atoms with Crippen molar-refractivity contribution in [2.75, 3.05) is 13.1 Å². The predicted molar refractivity (Wildman–Crippen MR) is 98.2 cm³/mol. The molecule has 5 nitrogen and oxygen atoms in total. The topological polar surface area (TPSA) is 51.0 Å². The van der Waals surface area contributed by atoms with Crippen LogP contribution in [0.5, 0.6) is 0 Å². The van der Waals surface area contributed by atoms with E-state index in [0.717, 1.165) is 44.0 Å². The van der Waals surface area contributed by atoms with E-state index in [1.807, 2.05) is 29.3 Å². The summed E-state index contributed by atoms with van der Waals surface area (Å²) < 4.78 is 2.27. The molecular weight excluding hydrogens is 312 g/mol. The first-order chi connectivity index (χ1) is 12.3. The molecule has 0 bridgehead atoms. The lowest BCUT2D eigenvalue weighted by molar-refractivity contribution is -0.132. The van der Waals surface area contributed by atoms with Gasteiger partial charge in [-0.1, -0.05) is 19.4 Å². The van der Waals surface area contributed by atoms with Crippen molar-refractivity contribution in [1.29, 1.82) is 0 Å². The lowest BCUT2D eigenvalue weighted by atomic mass is 9.96. The summed E-state index contributed by atoms with van der Waals surface area (Å²) >= 11 is 0. The molecule has 1 aliphatic heterocycles. The number of likely N-dealkylation sites (tertiary alicyclic amines) is 1. The largest absolute Gasteiger partial charge is 0.342 e. The van der Waals surface area contributed by atoms with Gasteiger partial charge in [-0.05, 0) is 37.8 Å². The van der Waals surface area contributed by atoms with E-state index in [-0.39, 0.29) is 5.91 Å². The number of rotatable bonds is 7. The monoisotopic (exact) mass is 340 g/mol. The summed E-state index contributed by atoms with van der Waals surface area (Å²) in [5.41, 5.74) is 0.986. The fourth-order valence-electron chi connectivity index (χ4n) is 3.55. The standard InChI is InChI=1S/C20H28N4O/c1-2-3-13-23-15-12-22-20(23)17-7-6-14-24(16-17)19(25)10-9-18-8-4-5-11-21-18/h4-5,8,11-12,15,17H,2-3,6-7,9-10,13-14,16H2,1H3. The van der Waals surface area contributed by atoms with Crippen LogP contribution in [0.3, 0.4) is 0 Å². The van der Waals surface area contributed by atoms with E-state index in [9.17, 15) is 4.79 Å². The fraction of sp³-hybridized carbons (Fsp3) is 0.550. The molecular formula is C20H28N4O. The number of amides is 1. The quantitative estimate of drug-likeness (QED) is 0.776. The molecule has 0 radical (unpaired) electrons. The molecule has 3 heterocycles. The molecule has 0 aromatic carbocycles. The van der Waals surface area contributed by atoms with Gasteiger partial charge < -0.3 is 9.47 Å². The highest BCUT2D eigenvalue weighted by molar-refractivity contribution is 5.76. The maximum absolute atomic E-state index is 12.6. The third kappa shape index (κ3) is 4.68. The molecule has 0 saturated carbocycles. The maximum atomic E-state index is 12.6. The number of pyridine rings is 1. The molecule has 1 atom stereocenters. The van der Waals surface area contributed by atoms with Crippen LogP contribution in [0.4, 0.5) is 0 Å². The van der Waals surface area contributed by atoms with E-state index in [0.29, 0.717) is 18.8 Å². The second-order valence-electron chi connectivity index (χ2n) is 6.83. The van der Waals surface area contributed by atoms with Gasteiger partial charge in [-0.3, -0.25) is 9.78 Å². The van der Waals surface area contributed by atoms with Crippen LogP contribution >= 0.6 is 0 Å². The molecule has 1 aliphatic rings. The number of piperidine rings is 1. The van der Waals surface area contributed by atoms with E-state index in [4.69, 9.17) is 0 Å². The zero-order chi connectivity index (χ0) is 17.5. The minimum Gasteiger partial charge on any atom is -0.342 e. The van der Waals surface area contributed by atoms with Crippen LogP contribution in [-0.2, 0) is 17.8 Å². The van der Waals surface area contributed by atoms with Gasteiger partial charge in [0.2, 0.25) is 5.91 Å². The van der Waals surface area contributed by atoms with Crippen LogP contribution in [0.15, 0.2) is 36.8 Å². The SMILES string of the molecule is CCCCn1ccnc1C1CCCN(C(=O)CCc2ccccn2)C1. The van der Waals surface area contributed by atoms with Crippen molar-refractivity contribution < 1.29 is 4.79 Å². The Labute approximate surface area is 150 Å². The number of nitrogens with zero attached hydrogens (tertiary/aromatic N) is 4. The summed E-state index contributed by atoms with van der Waals surface area (Å²) in [5.74, 6) is 1.75. The highest BCUT2D eigenvalue weighted by atomic mass is 16.2. The third-order valence-electron chi connectivity index (χ3n) is 4.96. The van der Waals surface area contributed by atoms with Crippen LogP contribution < -0.4 is 0 Å². The van der Waals surface area contributed by atoms with Crippen LogP contribution in [0.25, 0.3) is 0 Å². The number of aromatic nitrogens is 3. The van der Waals surface area contributed by atoms with Gasteiger partial charge in [0.05, 0.1) is 0 Å². The van der Waals surface area contributed by atoms with Crippen molar-refractivity contribution in [1.82, 2.24) is 19.4 Å². The first kappa shape index (κ1) is 17.6. The number of imidazole rings is 1. The molecule has 134 valence electrons. The van der Waals surface area contributed by atoms with Gasteiger partial charge in [0.25, 0.3) is 0 Å². The van der Waals surface area contributed by atoms with Crippen LogP contribution in [-0.4, -0.2) is 38.4 Å². The number of carbonyl (C=O) groups is 1. The first-order valence-electron chi connectivity index (χ1n) is 9.46. The number of hydrogen-bond donors (Lipinski definition) is 0. The van der Waals surface area contributed by atoms with E-state index in [2.05, 4.69) is 27.7 Å². The number of hydrogen-bond acceptors (Lipinski definition) is 3. The maximum Gasteiger partial charge on any atom is 0.222 e. The minimum absolute atomic E-state index is 0.238. The zero-order valence-electron chi connectivity index (χ0n) is 15.1. The molecule has 5 heteroatoms. The Bertz CT molecular complexity index is 667. The van der Waals surface area contributed by atoms with Gasteiger partial charge in [0.1, 0.15) is 5.82 Å². The smallest absolute Gasteiger partial charge is 0.222 e. The van der Waals surface area contributed by atoms with Gasteiger partial charge in [0, 0.05) is 56.3 Å². The summed E-state index contributed by atoms with van der Waals surface area (Å²) in [4.78, 5) is 23.5. The molecule has 1 saturated heterocycles. The lowest BCUT2D eigenvalue weighted by Gasteiger charge is -2.33. The second-order valence-corrected chi connectivity index (χ2v) is 6.83. The summed E-state index contributed by atoms with van der Waals surface area (Å²) in [6.07, 6.45) is 11.5. The van der Waals surface area contributed by atoms with Gasteiger partial charge in [-0.25, -0.2) is 4.98 Å². The number of unbranched alkanes of at least 4 members (excludes halogenated alkanes) is 1. The van der Waals surface area contributed by atoms with Gasteiger partial charge in [0.15, 0.2) is 0 Å². The number of carbonyl (C=O) groups excluding carboxylic acids is 1. The Morgan fingerprint density at radius 3 is 3.00 bits per heavy atom. The van der Waals surface area contributed by atoms with Crippen molar-refractivity contribution in [2.24, 2.45) is 0 Å². The van der Waals surface area contributed by atoms with Gasteiger partial charge >= 0.3 is 0 Å². The van der Waals surface area contributed by atoms with Gasteiger partial charge in [-0.15, -0.1) is 0 Å². The molecule has 0 spiro atoms. The van der Waals surface area contributed by atoms with Crippen LogP contribution in [0.1, 0.15) is 56.5 Å². The van der Waals surface area contributed by atoms with Crippen molar-refractivity contribution in [3.05, 3.63) is 48.3 Å². The summed E-state index contributed by atoms with van der Waals surface area (Å²) in [6.45, 7) is 4.90. The average Bonchev–Trinajstić information content (AvgIpc) is 3.14. The van der Waals surface area contributed by atoms with Crippen LogP contribution in [0, 0.1) is 0 Å². The van der Waals surface area contributed by atoms with Crippen molar-refractivity contribution in [3.63, 3.8) is 0 Å². The minimum atomic E-state index is 0.238.